The van der Waals surface area contributed by atoms with E-state index in [0.29, 0.717) is 44.0 Å². The molecule has 0 unspecified atom stereocenters. The summed E-state index contributed by atoms with van der Waals surface area (Å²) in [5.74, 6) is 0.523. The summed E-state index contributed by atoms with van der Waals surface area (Å²) in [6.07, 6.45) is -0.461. The first-order valence-corrected chi connectivity index (χ1v) is 13.8. The van der Waals surface area contributed by atoms with Gasteiger partial charge in [0.2, 0.25) is 0 Å². The molecule has 0 spiro atoms. The predicted octanol–water partition coefficient (Wildman–Crippen LogP) is 3.77. The van der Waals surface area contributed by atoms with Crippen LogP contribution in [0.2, 0.25) is 0 Å². The maximum absolute atomic E-state index is 13.8. The molecule has 0 saturated carbocycles. The summed E-state index contributed by atoms with van der Waals surface area (Å²) < 4.78 is 10.9. The van der Waals surface area contributed by atoms with Crippen LogP contribution in [0.5, 0.6) is 5.75 Å². The van der Waals surface area contributed by atoms with Crippen LogP contribution in [-0.4, -0.2) is 92.4 Å². The molecule has 1 N–H and O–H groups in total. The molecule has 2 aliphatic rings. The average Bonchev–Trinajstić information content (AvgIpc) is 3.00. The molecule has 6 rings (SSSR count). The standard InChI is InChI=1S/C31H33N5O4/c37-30(29-25-8-1-3-10-27(25)33-28-11-4-2-9-26(28)29)36-16-14-35(15-17-36)23-6-5-7-24(22-23)40-31(38)32-12-13-34-18-20-39-21-19-34/h1-11,22H,12-21H2,(H,32,38). The van der Waals surface area contributed by atoms with Gasteiger partial charge in [0.25, 0.3) is 5.91 Å². The fraction of sp³-hybridized carbons (Fsp3) is 0.323. The third-order valence-corrected chi connectivity index (χ3v) is 7.56. The number of benzene rings is 3. The molecule has 40 heavy (non-hydrogen) atoms. The zero-order chi connectivity index (χ0) is 27.3. The van der Waals surface area contributed by atoms with Gasteiger partial charge in [-0.05, 0) is 24.3 Å². The van der Waals surface area contributed by atoms with Gasteiger partial charge in [-0.3, -0.25) is 9.69 Å². The van der Waals surface area contributed by atoms with Gasteiger partial charge >= 0.3 is 6.09 Å². The van der Waals surface area contributed by atoms with Crippen molar-refractivity contribution in [2.45, 2.75) is 0 Å². The molecule has 2 aliphatic heterocycles. The molecule has 3 heterocycles. The van der Waals surface area contributed by atoms with E-state index in [9.17, 15) is 9.59 Å². The molecule has 1 aromatic heterocycles. The Morgan fingerprint density at radius 2 is 1.50 bits per heavy atom. The van der Waals surface area contributed by atoms with Crippen LogP contribution >= 0.6 is 0 Å². The van der Waals surface area contributed by atoms with Crippen LogP contribution in [0, 0.1) is 0 Å². The summed E-state index contributed by atoms with van der Waals surface area (Å²) in [6, 6.07) is 23.2. The zero-order valence-electron chi connectivity index (χ0n) is 22.4. The molecule has 9 nitrogen and oxygen atoms in total. The minimum Gasteiger partial charge on any atom is -0.410 e. The third-order valence-electron chi connectivity index (χ3n) is 7.56. The molecule has 3 aromatic carbocycles. The number of morpholine rings is 1. The zero-order valence-corrected chi connectivity index (χ0v) is 22.4. The molecule has 0 radical (unpaired) electrons. The Morgan fingerprint density at radius 3 is 2.20 bits per heavy atom. The van der Waals surface area contributed by atoms with E-state index in [2.05, 4.69) is 15.1 Å². The lowest BCUT2D eigenvalue weighted by atomic mass is 10.0. The Hall–Kier alpha value is -4.21. The number of aromatic nitrogens is 1. The van der Waals surface area contributed by atoms with Crippen molar-refractivity contribution >= 4 is 39.5 Å². The molecule has 2 amide bonds. The fourth-order valence-corrected chi connectivity index (χ4v) is 5.42. The van der Waals surface area contributed by atoms with Crippen LogP contribution in [0.15, 0.2) is 72.8 Å². The van der Waals surface area contributed by atoms with Crippen LogP contribution in [0.4, 0.5) is 10.5 Å². The highest BCUT2D eigenvalue weighted by molar-refractivity contribution is 6.16. The van der Waals surface area contributed by atoms with Crippen LogP contribution < -0.4 is 15.0 Å². The topological polar surface area (TPSA) is 87.2 Å². The number of para-hydroxylation sites is 2. The van der Waals surface area contributed by atoms with Crippen LogP contribution in [-0.2, 0) is 4.74 Å². The van der Waals surface area contributed by atoms with Gasteiger partial charge in [0.1, 0.15) is 5.75 Å². The van der Waals surface area contributed by atoms with Gasteiger partial charge < -0.3 is 24.6 Å². The largest absolute Gasteiger partial charge is 0.412 e. The smallest absolute Gasteiger partial charge is 0.410 e. The van der Waals surface area contributed by atoms with Crippen molar-refractivity contribution < 1.29 is 19.1 Å². The summed E-state index contributed by atoms with van der Waals surface area (Å²) >= 11 is 0. The SMILES string of the molecule is O=C(NCCN1CCOCC1)Oc1cccc(N2CCN(C(=O)c3c4ccccc4nc4ccccc34)CC2)c1. The Bertz CT molecular complexity index is 1460. The van der Waals surface area contributed by atoms with Crippen molar-refractivity contribution in [2.75, 3.05) is 70.5 Å². The van der Waals surface area contributed by atoms with Crippen molar-refractivity contribution in [3.8, 4) is 5.75 Å². The second-order valence-corrected chi connectivity index (χ2v) is 10.1. The summed E-state index contributed by atoms with van der Waals surface area (Å²) in [4.78, 5) is 37.3. The van der Waals surface area contributed by atoms with Gasteiger partial charge in [0, 0.05) is 74.9 Å². The van der Waals surface area contributed by atoms with Gasteiger partial charge in [-0.15, -0.1) is 0 Å². The van der Waals surface area contributed by atoms with Crippen molar-refractivity contribution in [1.29, 1.82) is 0 Å². The maximum Gasteiger partial charge on any atom is 0.412 e. The molecule has 2 saturated heterocycles. The number of fused-ring (bicyclic) bond motifs is 2. The highest BCUT2D eigenvalue weighted by atomic mass is 16.6. The van der Waals surface area contributed by atoms with E-state index in [4.69, 9.17) is 14.5 Å². The second kappa shape index (κ2) is 11.9. The number of pyridine rings is 1. The number of anilines is 1. The summed E-state index contributed by atoms with van der Waals surface area (Å²) in [5.41, 5.74) is 3.32. The predicted molar refractivity (Wildman–Crippen MR) is 155 cm³/mol. The van der Waals surface area contributed by atoms with E-state index >= 15 is 0 Å². The number of amides is 2. The number of carbonyl (C=O) groups excluding carboxylic acids is 2. The minimum absolute atomic E-state index is 0.0280. The molecular weight excluding hydrogens is 506 g/mol. The Kier molecular flexibility index (Phi) is 7.74. The van der Waals surface area contributed by atoms with Crippen molar-refractivity contribution in [2.24, 2.45) is 0 Å². The molecule has 2 fully saturated rings. The van der Waals surface area contributed by atoms with Gasteiger partial charge in [-0.1, -0.05) is 42.5 Å². The highest BCUT2D eigenvalue weighted by Crippen LogP contribution is 2.28. The third kappa shape index (κ3) is 5.71. The van der Waals surface area contributed by atoms with E-state index in [0.717, 1.165) is 60.3 Å². The second-order valence-electron chi connectivity index (χ2n) is 10.1. The number of nitrogens with zero attached hydrogens (tertiary/aromatic N) is 4. The average molecular weight is 540 g/mol. The van der Waals surface area contributed by atoms with Gasteiger partial charge in [-0.25, -0.2) is 9.78 Å². The fourth-order valence-electron chi connectivity index (χ4n) is 5.42. The normalized spacial score (nSPS) is 16.3. The van der Waals surface area contributed by atoms with Crippen molar-refractivity contribution in [1.82, 2.24) is 20.1 Å². The Morgan fingerprint density at radius 1 is 0.825 bits per heavy atom. The number of hydrogen-bond acceptors (Lipinski definition) is 7. The molecule has 206 valence electrons. The molecule has 4 aromatic rings. The molecular formula is C31H33N5O4. The van der Waals surface area contributed by atoms with Gasteiger partial charge in [-0.2, -0.15) is 0 Å². The summed E-state index contributed by atoms with van der Waals surface area (Å²) in [7, 11) is 0. The summed E-state index contributed by atoms with van der Waals surface area (Å²) in [6.45, 7) is 7.08. The Balaban J connectivity index is 1.08. The number of nitrogens with one attached hydrogen (secondary N) is 1. The molecule has 0 aliphatic carbocycles. The lowest BCUT2D eigenvalue weighted by Crippen LogP contribution is -2.48. The molecule has 0 bridgehead atoms. The monoisotopic (exact) mass is 539 g/mol. The molecule has 9 heteroatoms. The maximum atomic E-state index is 13.8. The lowest BCUT2D eigenvalue weighted by molar-refractivity contribution is 0.0385. The summed E-state index contributed by atoms with van der Waals surface area (Å²) in [5, 5.41) is 4.58. The number of hydrogen-bond donors (Lipinski definition) is 1. The minimum atomic E-state index is -0.461. The van der Waals surface area contributed by atoms with Crippen LogP contribution in [0.3, 0.4) is 0 Å². The number of piperazine rings is 1. The number of rotatable bonds is 6. The van der Waals surface area contributed by atoms with E-state index in [-0.39, 0.29) is 5.91 Å². The van der Waals surface area contributed by atoms with Crippen molar-refractivity contribution in [3.05, 3.63) is 78.4 Å². The van der Waals surface area contributed by atoms with E-state index in [1.807, 2.05) is 71.6 Å². The molecule has 0 atom stereocenters. The van der Waals surface area contributed by atoms with Crippen molar-refractivity contribution in [3.63, 3.8) is 0 Å². The van der Waals surface area contributed by atoms with E-state index < -0.39 is 6.09 Å². The van der Waals surface area contributed by atoms with Crippen LogP contribution in [0.25, 0.3) is 21.8 Å². The first kappa shape index (κ1) is 26.0. The number of ether oxygens (including phenoxy) is 2. The lowest BCUT2D eigenvalue weighted by Gasteiger charge is -2.36. The number of carbonyl (C=O) groups is 2. The van der Waals surface area contributed by atoms with E-state index in [1.54, 1.807) is 6.07 Å². The highest BCUT2D eigenvalue weighted by Gasteiger charge is 2.26. The quantitative estimate of drug-likeness (QED) is 0.373. The van der Waals surface area contributed by atoms with Gasteiger partial charge in [0.05, 0.1) is 29.8 Å². The first-order valence-electron chi connectivity index (χ1n) is 13.8. The Labute approximate surface area is 233 Å². The van der Waals surface area contributed by atoms with Crippen LogP contribution in [0.1, 0.15) is 10.4 Å². The van der Waals surface area contributed by atoms with E-state index in [1.165, 1.54) is 0 Å². The van der Waals surface area contributed by atoms with Gasteiger partial charge in [0.15, 0.2) is 0 Å². The first-order chi connectivity index (χ1) is 19.7.